The van der Waals surface area contributed by atoms with E-state index in [1.165, 1.54) is 48.5 Å². The second-order valence-corrected chi connectivity index (χ2v) is 4.23. The van der Waals surface area contributed by atoms with Crippen molar-refractivity contribution in [1.82, 2.24) is 10.7 Å². The lowest BCUT2D eigenvalue weighted by molar-refractivity contribution is -0.263. The van der Waals surface area contributed by atoms with Crippen LogP contribution in [0.3, 0.4) is 0 Å². The zero-order valence-corrected chi connectivity index (χ0v) is 10.3. The predicted octanol–water partition coefficient (Wildman–Crippen LogP) is 4.61. The minimum atomic E-state index is -1.76. The number of rotatable bonds is 5. The third-order valence-corrected chi connectivity index (χ3v) is 3.00. The summed E-state index contributed by atoms with van der Waals surface area (Å²) in [5.74, 6) is 0. The molecule has 6 heteroatoms. The lowest BCUT2D eigenvalue weighted by Crippen LogP contribution is -2.27. The first kappa shape index (κ1) is 14.5. The maximum Gasteiger partial charge on any atom is 0.123 e. The van der Waals surface area contributed by atoms with Gasteiger partial charge in [0.05, 0.1) is 0 Å². The maximum absolute atomic E-state index is 13.2. The maximum atomic E-state index is 13.2. The molecule has 2 rings (SSSR count). The Labute approximate surface area is 113 Å². The van der Waals surface area contributed by atoms with Crippen LogP contribution in [0.25, 0.3) is 0 Å². The van der Waals surface area contributed by atoms with Crippen LogP contribution in [0.1, 0.15) is 23.2 Å². The van der Waals surface area contributed by atoms with E-state index in [4.69, 9.17) is 0 Å². The third-order valence-electron chi connectivity index (χ3n) is 3.00. The Hall–Kier alpha value is -1.92. The molecule has 0 fully saturated rings. The van der Waals surface area contributed by atoms with E-state index in [0.717, 1.165) is 0 Å². The minimum absolute atomic E-state index is 0.117. The van der Waals surface area contributed by atoms with Crippen LogP contribution in [-0.4, -0.2) is 10.7 Å². The van der Waals surface area contributed by atoms with E-state index in [1.807, 2.05) is 0 Å². The standard InChI is InChI=1S/C14H12F4N2/c15-19(16)13(11-7-3-1-4-8-11)14(20(17)18)12-9-5-2-6-10-12/h1-10,13-14H/t13-,14-/m0/s1. The quantitative estimate of drug-likeness (QED) is 0.584. The molecule has 0 unspecified atom stereocenters. The molecule has 0 heterocycles. The Balaban J connectivity index is 2.44. The normalized spacial score (nSPS) is 14.5. The molecule has 2 nitrogen and oxygen atoms in total. The fourth-order valence-corrected chi connectivity index (χ4v) is 2.10. The summed E-state index contributed by atoms with van der Waals surface area (Å²) in [6, 6.07) is 11.5. The molecule has 0 bridgehead atoms. The van der Waals surface area contributed by atoms with Crippen LogP contribution in [0.5, 0.6) is 0 Å². The second-order valence-electron chi connectivity index (χ2n) is 4.23. The van der Waals surface area contributed by atoms with Crippen molar-refractivity contribution in [3.05, 3.63) is 71.8 Å². The summed E-state index contributed by atoms with van der Waals surface area (Å²) in [6.07, 6.45) is 0. The van der Waals surface area contributed by atoms with Crippen molar-refractivity contribution in [1.29, 1.82) is 0 Å². The molecule has 106 valence electrons. The van der Waals surface area contributed by atoms with Crippen LogP contribution in [0.15, 0.2) is 60.7 Å². The number of hydrogen-bond donors (Lipinski definition) is 0. The highest BCUT2D eigenvalue weighted by Crippen LogP contribution is 2.39. The van der Waals surface area contributed by atoms with Gasteiger partial charge < -0.3 is 0 Å². The van der Waals surface area contributed by atoms with Gasteiger partial charge in [0.15, 0.2) is 0 Å². The van der Waals surface area contributed by atoms with Gasteiger partial charge in [-0.2, -0.15) is 0 Å². The van der Waals surface area contributed by atoms with Gasteiger partial charge in [0.25, 0.3) is 0 Å². The van der Waals surface area contributed by atoms with Crippen LogP contribution >= 0.6 is 0 Å². The topological polar surface area (TPSA) is 6.48 Å². The average Bonchev–Trinajstić information content (AvgIpc) is 2.45. The molecule has 0 saturated carbocycles. The molecule has 0 radical (unpaired) electrons. The average molecular weight is 284 g/mol. The van der Waals surface area contributed by atoms with Gasteiger partial charge in [0.1, 0.15) is 12.1 Å². The predicted molar refractivity (Wildman–Crippen MR) is 66.5 cm³/mol. The van der Waals surface area contributed by atoms with Crippen LogP contribution < -0.4 is 0 Å². The van der Waals surface area contributed by atoms with Crippen molar-refractivity contribution >= 4 is 0 Å². The molecule has 2 aromatic carbocycles. The third kappa shape index (κ3) is 3.15. The summed E-state index contributed by atoms with van der Waals surface area (Å²) in [5, 5.41) is -2.36. The Morgan fingerprint density at radius 3 is 1.10 bits per heavy atom. The molecule has 0 saturated heterocycles. The largest absolute Gasteiger partial charge is 0.123 e. The molecular weight excluding hydrogens is 272 g/mol. The van der Waals surface area contributed by atoms with E-state index >= 15 is 0 Å². The molecule has 0 amide bonds. The number of benzene rings is 2. The van der Waals surface area contributed by atoms with Crippen molar-refractivity contribution in [2.24, 2.45) is 0 Å². The van der Waals surface area contributed by atoms with Crippen molar-refractivity contribution in [2.75, 3.05) is 0 Å². The van der Waals surface area contributed by atoms with Crippen molar-refractivity contribution in [3.8, 4) is 0 Å². The lowest BCUT2D eigenvalue weighted by Gasteiger charge is -2.27. The van der Waals surface area contributed by atoms with Gasteiger partial charge in [-0.15, -0.1) is 17.9 Å². The fourth-order valence-electron chi connectivity index (χ4n) is 2.10. The van der Waals surface area contributed by atoms with Gasteiger partial charge in [0.2, 0.25) is 0 Å². The molecular formula is C14H12F4N2. The second kappa shape index (κ2) is 6.49. The molecule has 0 aromatic heterocycles. The summed E-state index contributed by atoms with van der Waals surface area (Å²) >= 11 is 0. The van der Waals surface area contributed by atoms with E-state index in [-0.39, 0.29) is 11.1 Å². The Bertz CT molecular complexity index is 470. The minimum Gasteiger partial charge on any atom is -0.101 e. The number of nitrogens with zero attached hydrogens (tertiary/aromatic N) is 2. The molecule has 0 aliphatic rings. The first-order chi connectivity index (χ1) is 9.61. The summed E-state index contributed by atoms with van der Waals surface area (Å²) in [4.78, 5) is 0. The van der Waals surface area contributed by atoms with E-state index in [2.05, 4.69) is 0 Å². The molecule has 2 aromatic rings. The monoisotopic (exact) mass is 284 g/mol. The van der Waals surface area contributed by atoms with Crippen molar-refractivity contribution in [2.45, 2.75) is 12.1 Å². The van der Waals surface area contributed by atoms with Gasteiger partial charge >= 0.3 is 0 Å². The number of halogens is 4. The molecule has 0 N–H and O–H groups in total. The SMILES string of the molecule is FN(F)[C@@H](c1ccccc1)[C@H](c1ccccc1)N(F)F. The van der Waals surface area contributed by atoms with Gasteiger partial charge in [0, 0.05) is 10.7 Å². The van der Waals surface area contributed by atoms with Crippen molar-refractivity contribution in [3.63, 3.8) is 0 Å². The molecule has 0 spiro atoms. The lowest BCUT2D eigenvalue weighted by atomic mass is 9.94. The summed E-state index contributed by atoms with van der Waals surface area (Å²) in [5.41, 5.74) is 0.235. The van der Waals surface area contributed by atoms with Crippen molar-refractivity contribution < 1.29 is 17.9 Å². The molecule has 2 atom stereocenters. The summed E-state index contributed by atoms with van der Waals surface area (Å²) in [6.45, 7) is 0. The highest BCUT2D eigenvalue weighted by Gasteiger charge is 2.37. The van der Waals surface area contributed by atoms with E-state index in [0.29, 0.717) is 0 Å². The van der Waals surface area contributed by atoms with E-state index < -0.39 is 22.8 Å². The van der Waals surface area contributed by atoms with Gasteiger partial charge in [-0.3, -0.25) is 0 Å². The van der Waals surface area contributed by atoms with Crippen LogP contribution in [0.2, 0.25) is 0 Å². The van der Waals surface area contributed by atoms with Gasteiger partial charge in [-0.05, 0) is 11.1 Å². The van der Waals surface area contributed by atoms with Gasteiger partial charge in [-0.25, -0.2) is 0 Å². The molecule has 0 aliphatic heterocycles. The van der Waals surface area contributed by atoms with E-state index in [9.17, 15) is 17.9 Å². The zero-order valence-electron chi connectivity index (χ0n) is 10.3. The van der Waals surface area contributed by atoms with Gasteiger partial charge in [-0.1, -0.05) is 60.7 Å². The fraction of sp³-hybridized carbons (Fsp3) is 0.143. The Morgan fingerprint density at radius 1 is 0.550 bits per heavy atom. The van der Waals surface area contributed by atoms with Crippen LogP contribution in [0, 0.1) is 0 Å². The summed E-state index contributed by atoms with van der Waals surface area (Å²) in [7, 11) is 0. The molecule has 20 heavy (non-hydrogen) atoms. The highest BCUT2D eigenvalue weighted by atomic mass is 19.4. The summed E-state index contributed by atoms with van der Waals surface area (Å²) < 4.78 is 52.6. The number of hydrogen-bond acceptors (Lipinski definition) is 2. The highest BCUT2D eigenvalue weighted by molar-refractivity contribution is 5.26. The van der Waals surface area contributed by atoms with E-state index in [1.54, 1.807) is 12.1 Å². The smallest absolute Gasteiger partial charge is 0.101 e. The van der Waals surface area contributed by atoms with Crippen LogP contribution in [0.4, 0.5) is 17.9 Å². The first-order valence-electron chi connectivity index (χ1n) is 5.92. The Morgan fingerprint density at radius 2 is 0.850 bits per heavy atom. The van der Waals surface area contributed by atoms with Crippen LogP contribution in [-0.2, 0) is 0 Å². The molecule has 0 aliphatic carbocycles. The Kier molecular flexibility index (Phi) is 4.70. The zero-order chi connectivity index (χ0) is 14.5. The first-order valence-corrected chi connectivity index (χ1v) is 5.92.